The monoisotopic (exact) mass is 1420 g/mol. The quantitative estimate of drug-likeness (QED) is 0.0170. The van der Waals surface area contributed by atoms with Gasteiger partial charge < -0.3 is 54.5 Å². The van der Waals surface area contributed by atoms with Gasteiger partial charge in [0.25, 0.3) is 5.91 Å². The summed E-state index contributed by atoms with van der Waals surface area (Å²) in [6, 6.07) is 14.9. The van der Waals surface area contributed by atoms with Crippen molar-refractivity contribution in [3.05, 3.63) is 90.9 Å². The van der Waals surface area contributed by atoms with Gasteiger partial charge in [0.1, 0.15) is 22.8 Å². The lowest BCUT2D eigenvalue weighted by Crippen LogP contribution is -2.50. The maximum Gasteiger partial charge on any atom is 0.323 e. The number of aliphatic carboxylic acids is 1. The van der Waals surface area contributed by atoms with Crippen LogP contribution in [0.4, 0.5) is 5.95 Å². The van der Waals surface area contributed by atoms with Crippen LogP contribution in [-0.2, 0) is 79.0 Å². The molecule has 32 heteroatoms. The zero-order valence-corrected chi connectivity index (χ0v) is 60.1. The number of benzene rings is 3. The summed E-state index contributed by atoms with van der Waals surface area (Å²) in [5.41, 5.74) is 0.157. The van der Waals surface area contributed by atoms with E-state index in [1.807, 2.05) is 86.6 Å². The van der Waals surface area contributed by atoms with E-state index in [-0.39, 0.29) is 85.1 Å². The highest BCUT2D eigenvalue weighted by atomic mass is 32.2. The summed E-state index contributed by atoms with van der Waals surface area (Å²) in [4.78, 5) is 92.6. The lowest BCUT2D eigenvalue weighted by molar-refractivity contribution is -0.158. The van der Waals surface area contributed by atoms with E-state index in [9.17, 15) is 50.7 Å². The number of carboxylic acids is 1. The molecule has 1 atom stereocenters. The van der Waals surface area contributed by atoms with Gasteiger partial charge in [0.2, 0.25) is 26.0 Å². The summed E-state index contributed by atoms with van der Waals surface area (Å²) in [5, 5.41) is 23.7. The number of H-pyrrole nitrogens is 1. The molecule has 3 heterocycles. The Morgan fingerprint density at radius 3 is 1.49 bits per heavy atom. The van der Waals surface area contributed by atoms with Crippen molar-refractivity contribution < 1.29 is 79.1 Å². The van der Waals surface area contributed by atoms with E-state index >= 15 is 0 Å². The van der Waals surface area contributed by atoms with Crippen LogP contribution in [0.15, 0.2) is 95.1 Å². The molecule has 1 aliphatic rings. The first-order valence-electron chi connectivity index (χ1n) is 33.3. The van der Waals surface area contributed by atoms with Crippen LogP contribution in [0.2, 0.25) is 0 Å². The number of carboxylic acid groups (broad SMARTS) is 1. The van der Waals surface area contributed by atoms with Gasteiger partial charge in [-0.2, -0.15) is 9.82 Å². The van der Waals surface area contributed by atoms with E-state index in [0.717, 1.165) is 11.9 Å². The lowest BCUT2D eigenvalue weighted by atomic mass is 10.1. The molecule has 30 nitrogen and oxygen atoms in total. The number of imidazole rings is 1. The van der Waals surface area contributed by atoms with Crippen molar-refractivity contribution in [1.82, 2.24) is 59.4 Å². The minimum absolute atomic E-state index is 0.0166. The number of carbonyl (C=O) groups excluding carboxylic acids is 5. The predicted octanol–water partition coefficient (Wildman–Crippen LogP) is 3.56. The van der Waals surface area contributed by atoms with E-state index in [2.05, 4.69) is 40.5 Å². The topological polar surface area (TPSA) is 366 Å². The maximum absolute atomic E-state index is 13.4. The van der Waals surface area contributed by atoms with Gasteiger partial charge in [-0.1, -0.05) is 24.3 Å². The van der Waals surface area contributed by atoms with Crippen molar-refractivity contribution >= 4 is 72.6 Å². The standard InChI is InChI=1S/C67H101N13O17S2/c1-65(2,3)95-59(82)47-77-31-29-76(30-32-78(48-60(83)96-66(4,5)6)34-36-79(35-33-77)49-61(84)97-67(7,8)9)46-58(81)68-24-11-37-92-39-41-94-42-40-93-38-12-25-74-98(88,89)54-18-13-50(14-19-54)51-15-20-55(21-16-51)99(90,91)75-56(63(86)87)45-72-62(85)52-17-22-57-53(43-52)44-73-80(57)28-10-23-69-64-70-26-27-71-64/h13-22,26-27,43-44,56,74-75H,10-12,23-25,28-42,45-49H2,1-9H3,(H,68,81)(H,72,85)(H,86,87)(H2,69,70,71). The normalized spacial score (nSPS) is 15.0. The Morgan fingerprint density at radius 1 is 0.566 bits per heavy atom. The number of esters is 3. The van der Waals surface area contributed by atoms with Crippen LogP contribution in [0.3, 0.4) is 0 Å². The van der Waals surface area contributed by atoms with Gasteiger partial charge in [-0.3, -0.25) is 53.0 Å². The average molecular weight is 1420 g/mol. The minimum Gasteiger partial charge on any atom is -0.480 e. The number of ether oxygens (including phenoxy) is 6. The fourth-order valence-corrected chi connectivity index (χ4v) is 12.4. The summed E-state index contributed by atoms with van der Waals surface area (Å²) in [5.74, 6) is -2.77. The number of aryl methyl sites for hydroxylation is 1. The minimum atomic E-state index is -4.38. The molecule has 0 bridgehead atoms. The molecule has 5 aromatic rings. The summed E-state index contributed by atoms with van der Waals surface area (Å²) < 4.78 is 93.4. The molecule has 1 fully saturated rings. The molecule has 2 aromatic heterocycles. The van der Waals surface area contributed by atoms with E-state index < -0.39 is 61.3 Å². The molecule has 548 valence electrons. The number of sulfonamides is 2. The third kappa shape index (κ3) is 30.5. The zero-order chi connectivity index (χ0) is 72.2. The second-order valence-corrected chi connectivity index (χ2v) is 30.3. The molecule has 1 unspecified atom stereocenters. The Morgan fingerprint density at radius 2 is 1.03 bits per heavy atom. The van der Waals surface area contributed by atoms with Gasteiger partial charge in [0.05, 0.1) is 74.1 Å². The Balaban J connectivity index is 0.838. The number of nitrogens with one attached hydrogen (secondary N) is 6. The SMILES string of the molecule is CC(C)(C)OC(=O)CN1CCN(CC(=O)NCCCOCCOCCOCCCNS(=O)(=O)c2ccc(-c3ccc(S(=O)(=O)NC(CNC(=O)c4ccc5c(cnn5CCCNc5ncc[nH]5)c4)C(=O)O)cc3)cc2)CCN(CC(=O)OC(C)(C)C)CCN(CC(=O)OC(C)(C)C)CC1. The molecule has 0 saturated carbocycles. The van der Waals surface area contributed by atoms with Crippen molar-refractivity contribution in [2.24, 2.45) is 0 Å². The second kappa shape index (κ2) is 38.9. The van der Waals surface area contributed by atoms with Gasteiger partial charge >= 0.3 is 23.9 Å². The maximum atomic E-state index is 13.4. The van der Waals surface area contributed by atoms with E-state index in [1.54, 1.807) is 48.9 Å². The van der Waals surface area contributed by atoms with Crippen LogP contribution < -0.4 is 25.4 Å². The fourth-order valence-electron chi connectivity index (χ4n) is 10.1. The number of rotatable bonds is 37. The van der Waals surface area contributed by atoms with Crippen molar-refractivity contribution in [3.8, 4) is 11.1 Å². The van der Waals surface area contributed by atoms with E-state index in [4.69, 9.17) is 28.4 Å². The largest absolute Gasteiger partial charge is 0.480 e. The van der Waals surface area contributed by atoms with Crippen LogP contribution in [0.25, 0.3) is 22.0 Å². The number of amides is 2. The third-order valence-electron chi connectivity index (χ3n) is 14.9. The van der Waals surface area contributed by atoms with Crippen LogP contribution in [0, 0.1) is 0 Å². The molecular weight excluding hydrogens is 1320 g/mol. The number of aromatic nitrogens is 4. The van der Waals surface area contributed by atoms with Crippen molar-refractivity contribution in [1.29, 1.82) is 0 Å². The molecule has 0 radical (unpaired) electrons. The smallest absolute Gasteiger partial charge is 0.323 e. The van der Waals surface area contributed by atoms with Gasteiger partial charge in [-0.25, -0.2) is 26.5 Å². The summed E-state index contributed by atoms with van der Waals surface area (Å²) >= 11 is 0. The molecule has 0 spiro atoms. The number of anilines is 1. The van der Waals surface area contributed by atoms with Crippen molar-refractivity contribution in [2.45, 2.75) is 121 Å². The van der Waals surface area contributed by atoms with Crippen molar-refractivity contribution in [3.63, 3.8) is 0 Å². The molecule has 99 heavy (non-hydrogen) atoms. The summed E-state index contributed by atoms with van der Waals surface area (Å²) in [7, 11) is -8.26. The first kappa shape index (κ1) is 80.5. The zero-order valence-electron chi connectivity index (χ0n) is 58.5. The van der Waals surface area contributed by atoms with Crippen LogP contribution in [-0.4, -0.2) is 264 Å². The highest BCUT2D eigenvalue weighted by Gasteiger charge is 2.29. The number of hydrogen-bond donors (Lipinski definition) is 7. The van der Waals surface area contributed by atoms with Crippen LogP contribution >= 0.6 is 0 Å². The number of nitrogens with zero attached hydrogens (tertiary/aromatic N) is 7. The molecule has 0 aliphatic carbocycles. The van der Waals surface area contributed by atoms with Gasteiger partial charge in [0.15, 0.2) is 5.95 Å². The highest BCUT2D eigenvalue weighted by Crippen LogP contribution is 2.24. The number of aromatic amines is 1. The Hall–Kier alpha value is -7.50. The molecule has 3 aromatic carbocycles. The van der Waals surface area contributed by atoms with E-state index in [1.165, 1.54) is 36.4 Å². The molecule has 7 N–H and O–H groups in total. The third-order valence-corrected chi connectivity index (χ3v) is 17.8. The van der Waals surface area contributed by atoms with Gasteiger partial charge in [-0.05, 0) is 135 Å². The summed E-state index contributed by atoms with van der Waals surface area (Å²) in [6.07, 6.45) is 6.70. The Bertz CT molecular complexity index is 3550. The second-order valence-electron chi connectivity index (χ2n) is 26.8. The Kier molecular flexibility index (Phi) is 31.6. The number of fused-ring (bicyclic) bond motifs is 1. The molecular formula is C67H101N13O17S2. The number of hydrogen-bond acceptors (Lipinski definition) is 23. The number of carbonyl (C=O) groups is 6. The average Bonchev–Trinajstić information content (AvgIpc) is 1.77. The Labute approximate surface area is 580 Å². The first-order valence-corrected chi connectivity index (χ1v) is 36.2. The first-order chi connectivity index (χ1) is 46.8. The molecule has 1 saturated heterocycles. The van der Waals surface area contributed by atoms with Crippen LogP contribution in [0.5, 0.6) is 0 Å². The predicted molar refractivity (Wildman–Crippen MR) is 371 cm³/mol. The van der Waals surface area contributed by atoms with Gasteiger partial charge in [0, 0.05) is 122 Å². The van der Waals surface area contributed by atoms with Crippen molar-refractivity contribution in [2.75, 3.05) is 150 Å². The molecule has 2 amide bonds. The molecule has 6 rings (SSSR count). The highest BCUT2D eigenvalue weighted by molar-refractivity contribution is 7.89. The van der Waals surface area contributed by atoms with E-state index in [0.29, 0.717) is 134 Å². The summed E-state index contributed by atoms with van der Waals surface area (Å²) in [6.45, 7) is 22.9. The molecule has 1 aliphatic heterocycles. The fraction of sp³-hybridized carbons (Fsp3) is 0.582. The van der Waals surface area contributed by atoms with Gasteiger partial charge in [-0.15, -0.1) is 0 Å². The lowest BCUT2D eigenvalue weighted by Gasteiger charge is -2.34. The van der Waals surface area contributed by atoms with Crippen LogP contribution in [0.1, 0.15) is 91.9 Å².